The zero-order chi connectivity index (χ0) is 23.4. The summed E-state index contributed by atoms with van der Waals surface area (Å²) in [6.45, 7) is 0. The van der Waals surface area contributed by atoms with Crippen molar-refractivity contribution in [2.75, 3.05) is 5.32 Å². The van der Waals surface area contributed by atoms with E-state index < -0.39 is 52.2 Å². The van der Waals surface area contributed by atoms with Gasteiger partial charge in [0.05, 0.1) is 28.6 Å². The van der Waals surface area contributed by atoms with Gasteiger partial charge in [0.15, 0.2) is 0 Å². The second kappa shape index (κ2) is 7.41. The Kier molecular flexibility index (Phi) is 4.63. The number of rotatable bonds is 2. The summed E-state index contributed by atoms with van der Waals surface area (Å²) in [6, 6.07) is 6.97. The number of aromatic amines is 1. The van der Waals surface area contributed by atoms with Crippen LogP contribution in [0.5, 0.6) is 0 Å². The highest BCUT2D eigenvalue weighted by molar-refractivity contribution is 5.97. The van der Waals surface area contributed by atoms with Crippen LogP contribution in [0.15, 0.2) is 47.3 Å². The van der Waals surface area contributed by atoms with E-state index in [1.165, 1.54) is 12.1 Å². The maximum Gasteiger partial charge on any atom is 0.272 e. The van der Waals surface area contributed by atoms with Crippen molar-refractivity contribution in [3.05, 3.63) is 104 Å². The Balaban J connectivity index is 1.85. The molecule has 0 unspecified atom stereocenters. The molecule has 0 fully saturated rings. The number of benzene rings is 3. The smallest absolute Gasteiger partial charge is 0.272 e. The van der Waals surface area contributed by atoms with Crippen LogP contribution < -0.4 is 10.9 Å². The maximum absolute atomic E-state index is 14.8. The second-order valence-corrected chi connectivity index (χ2v) is 7.55. The minimum Gasteiger partial charge on any atom is -0.376 e. The van der Waals surface area contributed by atoms with Crippen LogP contribution >= 0.6 is 0 Å². The number of H-pyrrole nitrogens is 1. The number of aromatic nitrogens is 2. The number of hydrogen-bond donors (Lipinski definition) is 2. The minimum absolute atomic E-state index is 0.0390. The molecular formula is C23H11F5N4O. The van der Waals surface area contributed by atoms with Crippen molar-refractivity contribution in [3.63, 3.8) is 0 Å². The van der Waals surface area contributed by atoms with Crippen LogP contribution in [0, 0.1) is 40.4 Å². The first-order valence-electron chi connectivity index (χ1n) is 9.61. The summed E-state index contributed by atoms with van der Waals surface area (Å²) in [4.78, 5) is 12.3. The monoisotopic (exact) mass is 454 g/mol. The van der Waals surface area contributed by atoms with Crippen LogP contribution in [-0.4, -0.2) is 10.2 Å². The van der Waals surface area contributed by atoms with E-state index in [4.69, 9.17) is 5.26 Å². The summed E-state index contributed by atoms with van der Waals surface area (Å²) >= 11 is 0. The first-order valence-corrected chi connectivity index (χ1v) is 9.61. The third-order valence-corrected chi connectivity index (χ3v) is 5.65. The molecule has 1 aliphatic heterocycles. The number of nitrogens with zero attached hydrogens (tertiary/aromatic N) is 2. The molecule has 4 aromatic rings. The number of hydrogen-bond acceptors (Lipinski definition) is 4. The van der Waals surface area contributed by atoms with Crippen molar-refractivity contribution in [2.45, 2.75) is 12.0 Å². The van der Waals surface area contributed by atoms with Gasteiger partial charge in [-0.25, -0.2) is 27.1 Å². The van der Waals surface area contributed by atoms with Crippen molar-refractivity contribution in [1.82, 2.24) is 10.2 Å². The van der Waals surface area contributed by atoms with E-state index in [-0.39, 0.29) is 33.3 Å². The summed E-state index contributed by atoms with van der Waals surface area (Å²) in [5.74, 6) is -6.33. The summed E-state index contributed by atoms with van der Waals surface area (Å²) in [5, 5.41) is 18.3. The Hall–Kier alpha value is -4.26. The summed E-state index contributed by atoms with van der Waals surface area (Å²) in [7, 11) is 0. The molecule has 10 heteroatoms. The number of nitrogens with one attached hydrogen (secondary N) is 2. The molecule has 2 heterocycles. The van der Waals surface area contributed by atoms with Gasteiger partial charge in [-0.3, -0.25) is 4.79 Å². The molecule has 0 amide bonds. The molecule has 0 bridgehead atoms. The average molecular weight is 454 g/mol. The van der Waals surface area contributed by atoms with Gasteiger partial charge in [0.2, 0.25) is 0 Å². The van der Waals surface area contributed by atoms with Crippen LogP contribution in [-0.2, 0) is 0 Å². The minimum atomic E-state index is -1.33. The quantitative estimate of drug-likeness (QED) is 0.427. The Morgan fingerprint density at radius 3 is 2.27 bits per heavy atom. The van der Waals surface area contributed by atoms with Crippen molar-refractivity contribution in [2.24, 2.45) is 0 Å². The fourth-order valence-corrected chi connectivity index (χ4v) is 4.29. The van der Waals surface area contributed by atoms with Gasteiger partial charge in [-0.1, -0.05) is 6.07 Å². The molecule has 0 spiro atoms. The normalized spacial score (nSPS) is 17.0. The van der Waals surface area contributed by atoms with Gasteiger partial charge in [0, 0.05) is 28.8 Å². The van der Waals surface area contributed by atoms with E-state index in [1.807, 2.05) is 0 Å². The molecule has 0 saturated carbocycles. The van der Waals surface area contributed by atoms with Crippen LogP contribution in [0.25, 0.3) is 10.8 Å². The van der Waals surface area contributed by atoms with Crippen molar-refractivity contribution < 1.29 is 22.0 Å². The van der Waals surface area contributed by atoms with Crippen LogP contribution in [0.4, 0.5) is 27.6 Å². The second-order valence-electron chi connectivity index (χ2n) is 7.55. The first-order chi connectivity index (χ1) is 15.8. The molecule has 0 radical (unpaired) electrons. The SMILES string of the molecule is N#Cc1ccc([C@H]2c3n[nH]c(=O)c4cc(F)cc(c34)N[C@@H]2c2c(F)cc(F)cc2F)cc1F. The summed E-state index contributed by atoms with van der Waals surface area (Å²) in [5.41, 5.74) is -1.23. The molecule has 1 aliphatic rings. The van der Waals surface area contributed by atoms with Crippen LogP contribution in [0.1, 0.15) is 34.3 Å². The molecule has 5 nitrogen and oxygen atoms in total. The molecule has 1 aromatic heterocycles. The van der Waals surface area contributed by atoms with E-state index in [9.17, 15) is 26.7 Å². The Morgan fingerprint density at radius 1 is 0.909 bits per heavy atom. The van der Waals surface area contributed by atoms with Crippen molar-refractivity contribution >= 4 is 16.5 Å². The summed E-state index contributed by atoms with van der Waals surface area (Å²) < 4.78 is 71.9. The van der Waals surface area contributed by atoms with Gasteiger partial charge < -0.3 is 5.32 Å². The predicted octanol–water partition coefficient (Wildman–Crippen LogP) is 4.79. The van der Waals surface area contributed by atoms with E-state index in [0.717, 1.165) is 18.2 Å². The number of halogens is 5. The molecule has 0 aliphatic carbocycles. The first kappa shape index (κ1) is 20.6. The topological polar surface area (TPSA) is 81.6 Å². The van der Waals surface area contributed by atoms with Crippen molar-refractivity contribution in [3.8, 4) is 6.07 Å². The Labute approximate surface area is 182 Å². The lowest BCUT2D eigenvalue weighted by atomic mass is 9.79. The lowest BCUT2D eigenvalue weighted by Crippen LogP contribution is -2.29. The number of anilines is 1. The molecule has 2 atom stereocenters. The standard InChI is InChI=1S/C23H11F5N4O/c24-11-4-13-19-17(7-11)30-21(20-15(27)5-12(25)6-16(20)28)18(22(19)31-32-23(13)33)9-1-2-10(8-29)14(26)3-9/h1-7,18,21,30H,(H,32,33)/t18-,21+/m1/s1. The molecule has 164 valence electrons. The lowest BCUT2D eigenvalue weighted by Gasteiger charge is -2.35. The Bertz CT molecular complexity index is 1540. The molecule has 2 N–H and O–H groups in total. The third kappa shape index (κ3) is 3.20. The van der Waals surface area contributed by atoms with Gasteiger partial charge in [-0.15, -0.1) is 0 Å². The largest absolute Gasteiger partial charge is 0.376 e. The molecule has 33 heavy (non-hydrogen) atoms. The van der Waals surface area contributed by atoms with Crippen LogP contribution in [0.3, 0.4) is 0 Å². The van der Waals surface area contributed by atoms with E-state index >= 15 is 0 Å². The predicted molar refractivity (Wildman–Crippen MR) is 108 cm³/mol. The highest BCUT2D eigenvalue weighted by Crippen LogP contribution is 2.47. The van der Waals surface area contributed by atoms with Crippen LogP contribution in [0.2, 0.25) is 0 Å². The van der Waals surface area contributed by atoms with Gasteiger partial charge in [-0.2, -0.15) is 10.4 Å². The van der Waals surface area contributed by atoms with E-state index in [0.29, 0.717) is 12.1 Å². The zero-order valence-corrected chi connectivity index (χ0v) is 16.4. The molecular weight excluding hydrogens is 443 g/mol. The zero-order valence-electron chi connectivity index (χ0n) is 16.4. The van der Waals surface area contributed by atoms with Crippen molar-refractivity contribution in [1.29, 1.82) is 5.26 Å². The maximum atomic E-state index is 14.8. The molecule has 5 rings (SSSR count). The third-order valence-electron chi connectivity index (χ3n) is 5.65. The van der Waals surface area contributed by atoms with Gasteiger partial charge in [0.25, 0.3) is 5.56 Å². The highest BCUT2D eigenvalue weighted by Gasteiger charge is 2.38. The lowest BCUT2D eigenvalue weighted by molar-refractivity contribution is 0.493. The molecule has 3 aromatic carbocycles. The van der Waals surface area contributed by atoms with Gasteiger partial charge >= 0.3 is 0 Å². The fraction of sp³-hybridized carbons (Fsp3) is 0.0870. The van der Waals surface area contributed by atoms with Gasteiger partial charge in [0.1, 0.15) is 35.2 Å². The van der Waals surface area contributed by atoms with E-state index in [2.05, 4.69) is 15.5 Å². The number of nitriles is 1. The van der Waals surface area contributed by atoms with E-state index in [1.54, 1.807) is 6.07 Å². The Morgan fingerprint density at radius 2 is 1.61 bits per heavy atom. The summed E-state index contributed by atoms with van der Waals surface area (Å²) in [6.07, 6.45) is 0. The van der Waals surface area contributed by atoms with Gasteiger partial charge in [-0.05, 0) is 29.8 Å². The average Bonchev–Trinajstić information content (AvgIpc) is 2.75. The highest BCUT2D eigenvalue weighted by atomic mass is 19.2. The molecule has 0 saturated heterocycles. The fourth-order valence-electron chi connectivity index (χ4n) is 4.29.